The maximum Gasteiger partial charge on any atom is 0.316 e. The van der Waals surface area contributed by atoms with Crippen LogP contribution in [0.1, 0.15) is 11.5 Å². The van der Waals surface area contributed by atoms with Crippen molar-refractivity contribution in [2.45, 2.75) is 5.92 Å². The number of cyclic esters (lactones) is 1. The largest absolute Gasteiger partial charge is 0.464 e. The van der Waals surface area contributed by atoms with Gasteiger partial charge in [0.2, 0.25) is 0 Å². The molecule has 1 heterocycles. The van der Waals surface area contributed by atoms with Crippen LogP contribution < -0.4 is 0 Å². The first-order valence-corrected chi connectivity index (χ1v) is 3.59. The second-order valence-electron chi connectivity index (χ2n) is 2.59. The van der Waals surface area contributed by atoms with E-state index in [0.717, 1.165) is 5.56 Å². The van der Waals surface area contributed by atoms with Gasteiger partial charge in [-0.25, -0.2) is 0 Å². The standard InChI is InChI=1S/C9H8O2/c10-9-8(6-11-9)7-4-2-1-3-5-7/h1-5,8H,6H2. The maximum atomic E-state index is 10.8. The summed E-state index contributed by atoms with van der Waals surface area (Å²) >= 11 is 0. The molecule has 0 aromatic heterocycles. The first-order chi connectivity index (χ1) is 5.38. The van der Waals surface area contributed by atoms with Gasteiger partial charge in [-0.15, -0.1) is 0 Å². The summed E-state index contributed by atoms with van der Waals surface area (Å²) in [6.07, 6.45) is 0. The molecule has 0 bridgehead atoms. The Morgan fingerprint density at radius 2 is 2.00 bits per heavy atom. The molecule has 2 nitrogen and oxygen atoms in total. The minimum atomic E-state index is -0.101. The maximum absolute atomic E-state index is 10.8. The zero-order valence-corrected chi connectivity index (χ0v) is 5.99. The van der Waals surface area contributed by atoms with Crippen molar-refractivity contribution in [2.24, 2.45) is 0 Å². The van der Waals surface area contributed by atoms with Gasteiger partial charge in [-0.3, -0.25) is 4.79 Å². The van der Waals surface area contributed by atoms with E-state index in [9.17, 15) is 4.79 Å². The molecule has 1 aliphatic rings. The fourth-order valence-electron chi connectivity index (χ4n) is 1.15. The van der Waals surface area contributed by atoms with E-state index >= 15 is 0 Å². The van der Waals surface area contributed by atoms with Crippen LogP contribution in [-0.4, -0.2) is 12.6 Å². The summed E-state index contributed by atoms with van der Waals surface area (Å²) in [5, 5.41) is 0. The van der Waals surface area contributed by atoms with Crippen LogP contribution in [0.3, 0.4) is 0 Å². The Kier molecular flexibility index (Phi) is 1.39. The highest BCUT2D eigenvalue weighted by atomic mass is 16.6. The topological polar surface area (TPSA) is 26.3 Å². The fraction of sp³-hybridized carbons (Fsp3) is 0.222. The molecule has 0 amide bonds. The first-order valence-electron chi connectivity index (χ1n) is 3.59. The lowest BCUT2D eigenvalue weighted by molar-refractivity contribution is -0.161. The SMILES string of the molecule is O=C1OCC1c1ccccc1. The summed E-state index contributed by atoms with van der Waals surface area (Å²) in [7, 11) is 0. The van der Waals surface area contributed by atoms with Crippen molar-refractivity contribution in [3.05, 3.63) is 35.9 Å². The molecule has 1 atom stereocenters. The second kappa shape index (κ2) is 2.38. The molecule has 0 saturated carbocycles. The lowest BCUT2D eigenvalue weighted by Crippen LogP contribution is -2.32. The third kappa shape index (κ3) is 1.00. The molecule has 1 saturated heterocycles. The third-order valence-corrected chi connectivity index (χ3v) is 1.88. The molecule has 0 aliphatic carbocycles. The minimum Gasteiger partial charge on any atom is -0.464 e. The van der Waals surface area contributed by atoms with Gasteiger partial charge in [0.15, 0.2) is 0 Å². The van der Waals surface area contributed by atoms with Crippen molar-refractivity contribution in [1.29, 1.82) is 0 Å². The molecule has 56 valence electrons. The summed E-state index contributed by atoms with van der Waals surface area (Å²) in [5.41, 5.74) is 1.06. The molecule has 0 spiro atoms. The summed E-state index contributed by atoms with van der Waals surface area (Å²) in [6, 6.07) is 9.70. The highest BCUT2D eigenvalue weighted by Crippen LogP contribution is 2.24. The van der Waals surface area contributed by atoms with Crippen molar-refractivity contribution in [3.8, 4) is 0 Å². The van der Waals surface area contributed by atoms with Gasteiger partial charge in [0.25, 0.3) is 0 Å². The lowest BCUT2D eigenvalue weighted by Gasteiger charge is -2.24. The van der Waals surface area contributed by atoms with Crippen molar-refractivity contribution in [2.75, 3.05) is 6.61 Å². The van der Waals surface area contributed by atoms with Gasteiger partial charge in [-0.1, -0.05) is 30.3 Å². The molecule has 11 heavy (non-hydrogen) atoms. The smallest absolute Gasteiger partial charge is 0.316 e. The van der Waals surface area contributed by atoms with Gasteiger partial charge in [-0.2, -0.15) is 0 Å². The van der Waals surface area contributed by atoms with E-state index in [1.54, 1.807) is 0 Å². The van der Waals surface area contributed by atoms with E-state index in [-0.39, 0.29) is 11.9 Å². The Bertz CT molecular complexity index is 266. The molecule has 0 radical (unpaired) electrons. The van der Waals surface area contributed by atoms with Crippen molar-refractivity contribution in [1.82, 2.24) is 0 Å². The predicted octanol–water partition coefficient (Wildman–Crippen LogP) is 1.33. The number of benzene rings is 1. The Labute approximate surface area is 64.8 Å². The van der Waals surface area contributed by atoms with Crippen LogP contribution in [-0.2, 0) is 9.53 Å². The molecule has 2 heteroatoms. The molecule has 1 aromatic carbocycles. The Hall–Kier alpha value is -1.31. The van der Waals surface area contributed by atoms with E-state index < -0.39 is 0 Å². The highest BCUT2D eigenvalue weighted by Gasteiger charge is 2.31. The summed E-state index contributed by atoms with van der Waals surface area (Å²) in [5.74, 6) is -0.104. The number of ether oxygens (including phenoxy) is 1. The van der Waals surface area contributed by atoms with Crippen molar-refractivity contribution < 1.29 is 9.53 Å². The summed E-state index contributed by atoms with van der Waals surface area (Å²) < 4.78 is 4.66. The van der Waals surface area contributed by atoms with Gasteiger partial charge >= 0.3 is 5.97 Å². The molecular weight excluding hydrogens is 140 g/mol. The van der Waals surface area contributed by atoms with E-state index in [4.69, 9.17) is 0 Å². The molecule has 1 aromatic rings. The normalized spacial score (nSPS) is 22.2. The number of carbonyl (C=O) groups is 1. The Balaban J connectivity index is 2.23. The molecule has 1 unspecified atom stereocenters. The summed E-state index contributed by atoms with van der Waals surface area (Å²) in [4.78, 5) is 10.8. The number of rotatable bonds is 1. The van der Waals surface area contributed by atoms with Gasteiger partial charge in [0.05, 0.1) is 0 Å². The van der Waals surface area contributed by atoms with Crippen molar-refractivity contribution in [3.63, 3.8) is 0 Å². The summed E-state index contributed by atoms with van der Waals surface area (Å²) in [6.45, 7) is 0.544. The van der Waals surface area contributed by atoms with Crippen LogP contribution in [0.25, 0.3) is 0 Å². The molecule has 0 N–H and O–H groups in total. The fourth-order valence-corrected chi connectivity index (χ4v) is 1.15. The first kappa shape index (κ1) is 6.40. The number of hydrogen-bond donors (Lipinski definition) is 0. The Morgan fingerprint density at radius 3 is 2.45 bits per heavy atom. The van der Waals surface area contributed by atoms with E-state index in [0.29, 0.717) is 6.61 Å². The van der Waals surface area contributed by atoms with Gasteiger partial charge in [0.1, 0.15) is 12.5 Å². The van der Waals surface area contributed by atoms with Gasteiger partial charge < -0.3 is 4.74 Å². The van der Waals surface area contributed by atoms with E-state index in [1.165, 1.54) is 0 Å². The lowest BCUT2D eigenvalue weighted by atomic mass is 9.97. The van der Waals surface area contributed by atoms with E-state index in [2.05, 4.69) is 4.74 Å². The van der Waals surface area contributed by atoms with Crippen LogP contribution in [0, 0.1) is 0 Å². The molecular formula is C9H8O2. The minimum absolute atomic E-state index is 0.00352. The highest BCUT2D eigenvalue weighted by molar-refractivity contribution is 5.82. The van der Waals surface area contributed by atoms with Gasteiger partial charge in [0, 0.05) is 0 Å². The average Bonchev–Trinajstić information content (AvgIpc) is 2.04. The van der Waals surface area contributed by atoms with E-state index in [1.807, 2.05) is 30.3 Å². The zero-order chi connectivity index (χ0) is 7.68. The van der Waals surface area contributed by atoms with Crippen LogP contribution in [0.5, 0.6) is 0 Å². The van der Waals surface area contributed by atoms with Crippen LogP contribution in [0.2, 0.25) is 0 Å². The van der Waals surface area contributed by atoms with Crippen molar-refractivity contribution >= 4 is 5.97 Å². The van der Waals surface area contributed by atoms with Gasteiger partial charge in [-0.05, 0) is 5.56 Å². The van der Waals surface area contributed by atoms with Crippen LogP contribution in [0.4, 0.5) is 0 Å². The van der Waals surface area contributed by atoms with Crippen LogP contribution in [0.15, 0.2) is 30.3 Å². The number of hydrogen-bond acceptors (Lipinski definition) is 2. The molecule has 1 fully saturated rings. The average molecular weight is 148 g/mol. The predicted molar refractivity (Wildman–Crippen MR) is 40.1 cm³/mol. The number of esters is 1. The molecule has 1 aliphatic heterocycles. The number of carbonyl (C=O) groups excluding carboxylic acids is 1. The zero-order valence-electron chi connectivity index (χ0n) is 5.99. The Morgan fingerprint density at radius 1 is 1.27 bits per heavy atom. The second-order valence-corrected chi connectivity index (χ2v) is 2.59. The third-order valence-electron chi connectivity index (χ3n) is 1.88. The molecule has 2 rings (SSSR count). The monoisotopic (exact) mass is 148 g/mol. The van der Waals surface area contributed by atoms with Crippen LogP contribution >= 0.6 is 0 Å². The quantitative estimate of drug-likeness (QED) is 0.561.